The average Bonchev–Trinajstić information content (AvgIpc) is 4.23. The number of nitrogens with zero attached hydrogens (tertiary/aromatic N) is 12. The molecule has 3 fully saturated rings. The lowest BCUT2D eigenvalue weighted by Gasteiger charge is -2.30. The summed E-state index contributed by atoms with van der Waals surface area (Å²) in [6.45, 7) is 5.42. The number of nitrogens with one attached hydrogen (secondary N) is 6. The van der Waals surface area contributed by atoms with Gasteiger partial charge in [-0.25, -0.2) is 19.9 Å². The fraction of sp³-hybridized carbons (Fsp3) is 0.591. The molecule has 11 N–H and O–H groups in total. The van der Waals surface area contributed by atoms with Crippen molar-refractivity contribution in [1.82, 2.24) is 68.8 Å². The van der Waals surface area contributed by atoms with Gasteiger partial charge in [-0.15, -0.1) is 0 Å². The van der Waals surface area contributed by atoms with Crippen molar-refractivity contribution in [3.05, 3.63) is 49.1 Å². The normalized spacial score (nSPS) is 24.8. The molecule has 6 heterocycles. The molecule has 9 rings (SSSR count). The highest BCUT2D eigenvalue weighted by atomic mass is 16.3. The van der Waals surface area contributed by atoms with E-state index >= 15 is 0 Å². The summed E-state index contributed by atoms with van der Waals surface area (Å²) < 4.78 is 7.59. The van der Waals surface area contributed by atoms with Crippen molar-refractivity contribution in [2.75, 3.05) is 47.6 Å². The maximum absolute atomic E-state index is 12.0. The molecule has 0 saturated heterocycles. The Morgan fingerprint density at radius 1 is 0.609 bits per heavy atom. The lowest BCUT2D eigenvalue weighted by molar-refractivity contribution is -0.125. The van der Waals surface area contributed by atoms with Crippen LogP contribution in [0.2, 0.25) is 0 Å². The maximum atomic E-state index is 12.0. The third kappa shape index (κ3) is 10.6. The molecule has 0 aliphatic heterocycles. The van der Waals surface area contributed by atoms with Crippen LogP contribution < -0.4 is 31.9 Å². The average molecular weight is 955 g/mol. The number of carbonyl (C=O) groups is 2. The van der Waals surface area contributed by atoms with Gasteiger partial charge in [0.25, 0.3) is 0 Å². The van der Waals surface area contributed by atoms with Gasteiger partial charge in [0.05, 0.1) is 60.9 Å². The molecule has 3 saturated carbocycles. The van der Waals surface area contributed by atoms with E-state index in [0.29, 0.717) is 84.6 Å². The van der Waals surface area contributed by atoms with Gasteiger partial charge in [0.2, 0.25) is 23.7 Å². The van der Waals surface area contributed by atoms with Gasteiger partial charge in [-0.2, -0.15) is 19.9 Å². The third-order valence-electron chi connectivity index (χ3n) is 13.5. The van der Waals surface area contributed by atoms with Crippen molar-refractivity contribution in [2.24, 2.45) is 0 Å². The van der Waals surface area contributed by atoms with E-state index < -0.39 is 61.5 Å². The highest BCUT2D eigenvalue weighted by molar-refractivity contribution is 5.86. The van der Waals surface area contributed by atoms with Crippen LogP contribution in [0.1, 0.15) is 82.3 Å². The van der Waals surface area contributed by atoms with Crippen molar-refractivity contribution >= 4 is 57.7 Å². The molecule has 2 amide bonds. The standard InChI is InChI=1S/C44H62N18O7/c1-3-59-16-26(47-20-59)9-11-45-43-55-39(35-41(57-43)61(22-49-35)30-13-28(14-32(30)65)51-33(66)18-63)52-24-5-7-25(8-6-24)53-40-36-42(58-44(56-40)46-12-10-27-17-60(4-2)21-48-27)62(23-50-36)31-15-29(37(68)38(31)69)54-34(67)19-64/h16-17,20-25,28-32,37-38,63-65,68-69H,3-15,18-19H2,1-2H3,(H,51,66)(H,54,67)(H2,45,52,55,57)(H2,46,53,56,58)/t24-,25-,28-,29-,30+,31+,32+,37+,38-/m0/s1. The topological polar surface area (TPSA) is 330 Å². The fourth-order valence-corrected chi connectivity index (χ4v) is 9.83. The van der Waals surface area contributed by atoms with Crippen molar-refractivity contribution in [3.8, 4) is 0 Å². The summed E-state index contributed by atoms with van der Waals surface area (Å²) in [7, 11) is 0. The first-order chi connectivity index (χ1) is 33.5. The van der Waals surface area contributed by atoms with E-state index in [2.05, 4.69) is 55.7 Å². The highest BCUT2D eigenvalue weighted by Crippen LogP contribution is 2.37. The Hall–Kier alpha value is -6.54. The molecule has 69 heavy (non-hydrogen) atoms. The summed E-state index contributed by atoms with van der Waals surface area (Å²) >= 11 is 0. The van der Waals surface area contributed by atoms with E-state index in [1.807, 2.05) is 32.4 Å². The number of carbonyl (C=O) groups excluding carboxylic acids is 2. The molecule has 7 atom stereocenters. The zero-order chi connectivity index (χ0) is 48.2. The number of aliphatic hydroxyl groups excluding tert-OH is 5. The van der Waals surface area contributed by atoms with Crippen LogP contribution in [0, 0.1) is 0 Å². The van der Waals surface area contributed by atoms with Gasteiger partial charge in [-0.05, 0) is 58.8 Å². The van der Waals surface area contributed by atoms with E-state index in [9.17, 15) is 35.1 Å². The SMILES string of the molecule is CCn1cnc(CCNc2nc(N[C@H]3CC[C@H](Nc4nc(NCCc5cn(CC)cn5)nc5c4ncn5[C@@H]4C[C@H](NC(=O)CO)C[C@H]4O)CC3)c3ncn([C@@H]4C[C@H](NC(=O)CO)[C@@H](O)[C@H]4O)c3n2)c1. The highest BCUT2D eigenvalue weighted by Gasteiger charge is 2.44. The number of imidazole rings is 4. The number of aliphatic hydroxyl groups is 5. The van der Waals surface area contributed by atoms with E-state index in [1.54, 1.807) is 23.5 Å². The molecule has 0 bridgehead atoms. The van der Waals surface area contributed by atoms with Gasteiger partial charge in [-0.3, -0.25) is 9.59 Å². The minimum atomic E-state index is -1.27. The Balaban J connectivity index is 0.920. The Morgan fingerprint density at radius 2 is 1.12 bits per heavy atom. The molecule has 6 aromatic rings. The number of aromatic nitrogens is 12. The number of amides is 2. The van der Waals surface area contributed by atoms with Crippen LogP contribution in [0.3, 0.4) is 0 Å². The second kappa shape index (κ2) is 21.0. The lowest BCUT2D eigenvalue weighted by Crippen LogP contribution is -2.44. The fourth-order valence-electron chi connectivity index (χ4n) is 9.83. The van der Waals surface area contributed by atoms with Gasteiger partial charge >= 0.3 is 0 Å². The van der Waals surface area contributed by atoms with Crippen LogP contribution in [0.4, 0.5) is 23.5 Å². The van der Waals surface area contributed by atoms with Crippen molar-refractivity contribution in [3.63, 3.8) is 0 Å². The number of anilines is 4. The summed E-state index contributed by atoms with van der Waals surface area (Å²) in [4.78, 5) is 62.0. The minimum absolute atomic E-state index is 0.00953. The molecule has 0 spiro atoms. The Labute approximate surface area is 396 Å². The first-order valence-corrected chi connectivity index (χ1v) is 23.9. The van der Waals surface area contributed by atoms with Gasteiger partial charge < -0.3 is 75.7 Å². The molecule has 0 aromatic carbocycles. The molecule has 3 aliphatic carbocycles. The smallest absolute Gasteiger partial charge is 0.246 e. The number of hydrogen-bond acceptors (Lipinski definition) is 19. The first-order valence-electron chi connectivity index (χ1n) is 23.9. The summed E-state index contributed by atoms with van der Waals surface area (Å²) in [5.41, 5.74) is 3.88. The summed E-state index contributed by atoms with van der Waals surface area (Å²) in [5, 5.41) is 71.3. The van der Waals surface area contributed by atoms with Crippen LogP contribution >= 0.6 is 0 Å². The molecule has 0 radical (unpaired) electrons. The van der Waals surface area contributed by atoms with Crippen molar-refractivity contribution < 1.29 is 35.1 Å². The second-order valence-corrected chi connectivity index (χ2v) is 18.2. The molecule has 6 aromatic heterocycles. The summed E-state index contributed by atoms with van der Waals surface area (Å²) in [5.74, 6) is 0.670. The number of rotatable bonds is 20. The van der Waals surface area contributed by atoms with Crippen molar-refractivity contribution in [2.45, 2.75) is 139 Å². The summed E-state index contributed by atoms with van der Waals surface area (Å²) in [6.07, 6.45) is 12.8. The molecule has 0 unspecified atom stereocenters. The molecule has 3 aliphatic rings. The molecule has 25 nitrogen and oxygen atoms in total. The third-order valence-corrected chi connectivity index (χ3v) is 13.5. The molecular formula is C44H62N18O7. The molecular weight excluding hydrogens is 893 g/mol. The van der Waals surface area contributed by atoms with Crippen LogP contribution in [-0.2, 0) is 35.5 Å². The van der Waals surface area contributed by atoms with E-state index in [0.717, 1.165) is 50.2 Å². The quantitative estimate of drug-likeness (QED) is 0.0474. The number of aryl methyl sites for hydroxylation is 2. The van der Waals surface area contributed by atoms with Crippen LogP contribution in [0.15, 0.2) is 37.7 Å². The first kappa shape index (κ1) is 47.5. The van der Waals surface area contributed by atoms with Gasteiger partial charge in [0.1, 0.15) is 25.4 Å². The summed E-state index contributed by atoms with van der Waals surface area (Å²) in [6, 6.07) is -2.16. The minimum Gasteiger partial charge on any atom is -0.391 e. The Bertz CT molecular complexity index is 2710. The van der Waals surface area contributed by atoms with E-state index in [4.69, 9.17) is 29.9 Å². The predicted molar refractivity (Wildman–Crippen MR) is 252 cm³/mol. The van der Waals surface area contributed by atoms with Gasteiger partial charge in [0.15, 0.2) is 34.0 Å². The lowest BCUT2D eigenvalue weighted by atomic mass is 9.91. The van der Waals surface area contributed by atoms with Crippen LogP contribution in [0.25, 0.3) is 22.3 Å². The zero-order valence-electron chi connectivity index (χ0n) is 38.7. The Morgan fingerprint density at radius 3 is 1.61 bits per heavy atom. The van der Waals surface area contributed by atoms with Gasteiger partial charge in [0, 0.05) is 69.5 Å². The van der Waals surface area contributed by atoms with Crippen molar-refractivity contribution in [1.29, 1.82) is 0 Å². The van der Waals surface area contributed by atoms with E-state index in [-0.39, 0.29) is 24.5 Å². The van der Waals surface area contributed by atoms with Crippen LogP contribution in [0.5, 0.6) is 0 Å². The van der Waals surface area contributed by atoms with Gasteiger partial charge in [-0.1, -0.05) is 0 Å². The Kier molecular flexibility index (Phi) is 14.5. The number of fused-ring (bicyclic) bond motifs is 2. The maximum Gasteiger partial charge on any atom is 0.246 e. The van der Waals surface area contributed by atoms with Crippen LogP contribution in [-0.4, -0.2) is 164 Å². The van der Waals surface area contributed by atoms with E-state index in [1.165, 1.54) is 0 Å². The molecule has 370 valence electrons. The monoisotopic (exact) mass is 955 g/mol. The zero-order valence-corrected chi connectivity index (χ0v) is 38.7. The second-order valence-electron chi connectivity index (χ2n) is 18.2. The largest absolute Gasteiger partial charge is 0.391 e. The molecule has 25 heteroatoms. The predicted octanol–water partition coefficient (Wildman–Crippen LogP) is -0.140. The number of hydrogen-bond donors (Lipinski definition) is 11.